The molecule has 0 aliphatic carbocycles. The third kappa shape index (κ3) is 4.70. The Morgan fingerprint density at radius 2 is 2.12 bits per heavy atom. The van der Waals surface area contributed by atoms with Crippen molar-refractivity contribution in [3.05, 3.63) is 27.8 Å². The number of hydrogen-bond acceptors (Lipinski definition) is 3. The summed E-state index contributed by atoms with van der Waals surface area (Å²) in [7, 11) is 0. The van der Waals surface area contributed by atoms with Crippen LogP contribution in [0.15, 0.2) is 24.3 Å². The van der Waals surface area contributed by atoms with Crippen LogP contribution in [0.1, 0.15) is 6.92 Å². The highest BCUT2D eigenvalue weighted by molar-refractivity contribution is 14.1. The van der Waals surface area contributed by atoms with Crippen LogP contribution in [0.4, 0.5) is 5.69 Å². The number of para-hydroxylation sites is 1. The maximum absolute atomic E-state index is 11.5. The number of hydrogen-bond donors (Lipinski definition) is 2. The Morgan fingerprint density at radius 3 is 2.71 bits per heavy atom. The van der Waals surface area contributed by atoms with Gasteiger partial charge >= 0.3 is 5.97 Å². The lowest BCUT2D eigenvalue weighted by Gasteiger charge is -2.09. The standard InChI is InChI=1S/C11H12INO4/c1-7(11(15)16)17-6-10(14)13-9-5-3-2-4-8(9)12/h2-5,7H,6H2,1H3,(H,13,14)(H,15,16). The van der Waals surface area contributed by atoms with Gasteiger partial charge in [-0.3, -0.25) is 4.79 Å². The third-order valence-electron chi connectivity index (χ3n) is 1.96. The smallest absolute Gasteiger partial charge is 0.332 e. The van der Waals surface area contributed by atoms with Crippen molar-refractivity contribution in [3.63, 3.8) is 0 Å². The van der Waals surface area contributed by atoms with Gasteiger partial charge < -0.3 is 15.2 Å². The molecule has 0 radical (unpaired) electrons. The van der Waals surface area contributed by atoms with Gasteiger partial charge in [0.25, 0.3) is 0 Å². The first kappa shape index (κ1) is 13.9. The number of carboxylic acids is 1. The summed E-state index contributed by atoms with van der Waals surface area (Å²) in [6.45, 7) is 1.10. The number of aliphatic carboxylic acids is 1. The Morgan fingerprint density at radius 1 is 1.47 bits per heavy atom. The van der Waals surface area contributed by atoms with E-state index in [0.29, 0.717) is 5.69 Å². The molecular weight excluding hydrogens is 337 g/mol. The zero-order valence-corrected chi connectivity index (χ0v) is 11.3. The van der Waals surface area contributed by atoms with Crippen LogP contribution in [0.2, 0.25) is 0 Å². The largest absolute Gasteiger partial charge is 0.479 e. The van der Waals surface area contributed by atoms with Crippen molar-refractivity contribution in [2.45, 2.75) is 13.0 Å². The summed E-state index contributed by atoms with van der Waals surface area (Å²) in [5.74, 6) is -1.46. The van der Waals surface area contributed by atoms with Crippen molar-refractivity contribution >= 4 is 40.2 Å². The summed E-state index contributed by atoms with van der Waals surface area (Å²) >= 11 is 2.10. The van der Waals surface area contributed by atoms with Crippen LogP contribution in [-0.4, -0.2) is 29.7 Å². The molecule has 0 heterocycles. The molecule has 2 N–H and O–H groups in total. The Labute approximate surface area is 112 Å². The molecule has 17 heavy (non-hydrogen) atoms. The summed E-state index contributed by atoms with van der Waals surface area (Å²) in [4.78, 5) is 21.9. The number of anilines is 1. The third-order valence-corrected chi connectivity index (χ3v) is 2.90. The summed E-state index contributed by atoms with van der Waals surface area (Å²) in [6, 6.07) is 7.29. The van der Waals surface area contributed by atoms with E-state index in [1.54, 1.807) is 12.1 Å². The van der Waals surface area contributed by atoms with Gasteiger partial charge in [-0.05, 0) is 41.6 Å². The van der Waals surface area contributed by atoms with Crippen molar-refractivity contribution in [1.29, 1.82) is 0 Å². The Hall–Kier alpha value is -1.15. The molecular formula is C11H12INO4. The van der Waals surface area contributed by atoms with Crippen molar-refractivity contribution in [2.75, 3.05) is 11.9 Å². The fraction of sp³-hybridized carbons (Fsp3) is 0.273. The van der Waals surface area contributed by atoms with Crippen LogP contribution in [0.25, 0.3) is 0 Å². The van der Waals surface area contributed by atoms with Crippen molar-refractivity contribution < 1.29 is 19.4 Å². The Bertz CT molecular complexity index is 422. The van der Waals surface area contributed by atoms with Gasteiger partial charge in [-0.15, -0.1) is 0 Å². The number of amides is 1. The van der Waals surface area contributed by atoms with Gasteiger partial charge in [0, 0.05) is 3.57 Å². The summed E-state index contributed by atoms with van der Waals surface area (Å²) in [6.07, 6.45) is -0.990. The number of benzene rings is 1. The molecule has 0 spiro atoms. The van der Waals surface area contributed by atoms with E-state index in [0.717, 1.165) is 3.57 Å². The normalized spacial score (nSPS) is 11.9. The van der Waals surface area contributed by atoms with Crippen LogP contribution in [0.3, 0.4) is 0 Å². The topological polar surface area (TPSA) is 75.6 Å². The molecule has 0 saturated heterocycles. The highest BCUT2D eigenvalue weighted by Crippen LogP contribution is 2.16. The predicted molar refractivity (Wildman–Crippen MR) is 70.8 cm³/mol. The van der Waals surface area contributed by atoms with Crippen LogP contribution < -0.4 is 5.32 Å². The number of nitrogens with one attached hydrogen (secondary N) is 1. The fourth-order valence-corrected chi connectivity index (χ4v) is 1.54. The number of rotatable bonds is 5. The zero-order chi connectivity index (χ0) is 12.8. The van der Waals surface area contributed by atoms with E-state index in [-0.39, 0.29) is 12.5 Å². The van der Waals surface area contributed by atoms with E-state index < -0.39 is 12.1 Å². The van der Waals surface area contributed by atoms with Crippen LogP contribution in [0.5, 0.6) is 0 Å². The fourth-order valence-electron chi connectivity index (χ4n) is 1.02. The van der Waals surface area contributed by atoms with Crippen LogP contribution in [-0.2, 0) is 14.3 Å². The quantitative estimate of drug-likeness (QED) is 0.794. The second-order valence-corrected chi connectivity index (χ2v) is 4.48. The van der Waals surface area contributed by atoms with Crippen molar-refractivity contribution in [3.8, 4) is 0 Å². The molecule has 1 aromatic rings. The molecule has 0 aliphatic rings. The minimum Gasteiger partial charge on any atom is -0.479 e. The zero-order valence-electron chi connectivity index (χ0n) is 9.14. The molecule has 92 valence electrons. The maximum atomic E-state index is 11.5. The van der Waals surface area contributed by atoms with E-state index in [2.05, 4.69) is 27.9 Å². The van der Waals surface area contributed by atoms with E-state index in [4.69, 9.17) is 9.84 Å². The van der Waals surface area contributed by atoms with Gasteiger partial charge in [0.15, 0.2) is 6.10 Å². The lowest BCUT2D eigenvalue weighted by Crippen LogP contribution is -2.26. The summed E-state index contributed by atoms with van der Waals surface area (Å²) < 4.78 is 5.77. The average molecular weight is 349 g/mol. The van der Waals surface area contributed by atoms with Crippen molar-refractivity contribution in [2.24, 2.45) is 0 Å². The molecule has 5 nitrogen and oxygen atoms in total. The molecule has 0 fully saturated rings. The summed E-state index contributed by atoms with van der Waals surface area (Å²) in [5, 5.41) is 11.2. The monoisotopic (exact) mass is 349 g/mol. The van der Waals surface area contributed by atoms with E-state index in [1.807, 2.05) is 12.1 Å². The minimum atomic E-state index is -1.09. The molecule has 0 aliphatic heterocycles. The lowest BCUT2D eigenvalue weighted by molar-refractivity contribution is -0.150. The highest BCUT2D eigenvalue weighted by atomic mass is 127. The molecule has 1 atom stereocenters. The van der Waals surface area contributed by atoms with E-state index >= 15 is 0 Å². The molecule has 0 saturated carbocycles. The van der Waals surface area contributed by atoms with Gasteiger partial charge in [0.2, 0.25) is 5.91 Å². The average Bonchev–Trinajstić information content (AvgIpc) is 2.29. The van der Waals surface area contributed by atoms with E-state index in [1.165, 1.54) is 6.92 Å². The molecule has 0 bridgehead atoms. The van der Waals surface area contributed by atoms with Gasteiger partial charge in [-0.1, -0.05) is 12.1 Å². The van der Waals surface area contributed by atoms with Crippen LogP contribution in [0, 0.1) is 3.57 Å². The van der Waals surface area contributed by atoms with Gasteiger partial charge in [-0.25, -0.2) is 4.79 Å². The lowest BCUT2D eigenvalue weighted by atomic mass is 10.3. The first-order chi connectivity index (χ1) is 8.00. The number of carbonyl (C=O) groups is 2. The SMILES string of the molecule is CC(OCC(=O)Nc1ccccc1I)C(=O)O. The maximum Gasteiger partial charge on any atom is 0.332 e. The molecule has 1 unspecified atom stereocenters. The minimum absolute atomic E-state index is 0.279. The molecule has 1 amide bonds. The molecule has 6 heteroatoms. The second-order valence-electron chi connectivity index (χ2n) is 3.32. The highest BCUT2D eigenvalue weighted by Gasteiger charge is 2.13. The molecule has 1 rings (SSSR count). The summed E-state index contributed by atoms with van der Waals surface area (Å²) in [5.41, 5.74) is 0.685. The number of ether oxygens (including phenoxy) is 1. The molecule has 1 aromatic carbocycles. The Balaban J connectivity index is 2.46. The second kappa shape index (κ2) is 6.55. The van der Waals surface area contributed by atoms with Gasteiger partial charge in [0.1, 0.15) is 6.61 Å². The number of halogens is 1. The number of carboxylic acid groups (broad SMARTS) is 1. The number of carbonyl (C=O) groups excluding carboxylic acids is 1. The van der Waals surface area contributed by atoms with Crippen LogP contribution >= 0.6 is 22.6 Å². The van der Waals surface area contributed by atoms with E-state index in [9.17, 15) is 9.59 Å². The van der Waals surface area contributed by atoms with Crippen molar-refractivity contribution in [1.82, 2.24) is 0 Å². The van der Waals surface area contributed by atoms with Gasteiger partial charge in [0.05, 0.1) is 5.69 Å². The van der Waals surface area contributed by atoms with Gasteiger partial charge in [-0.2, -0.15) is 0 Å². The predicted octanol–water partition coefficient (Wildman–Crippen LogP) is 1.72. The first-order valence-corrected chi connectivity index (χ1v) is 5.97. The molecule has 0 aromatic heterocycles. The Kier molecular flexibility index (Phi) is 5.36. The first-order valence-electron chi connectivity index (χ1n) is 4.89.